The van der Waals surface area contributed by atoms with E-state index in [0.717, 1.165) is 89.1 Å². The lowest BCUT2D eigenvalue weighted by molar-refractivity contribution is 0.590. The summed E-state index contributed by atoms with van der Waals surface area (Å²) in [6.45, 7) is 14.8. The van der Waals surface area contributed by atoms with E-state index >= 15 is 0 Å². The monoisotopic (exact) mass is 849 g/mol. The number of fused-ring (bicyclic) bond motifs is 3. The van der Waals surface area contributed by atoms with Gasteiger partial charge in [-0.3, -0.25) is 0 Å². The van der Waals surface area contributed by atoms with Gasteiger partial charge in [-0.1, -0.05) is 222 Å². The van der Waals surface area contributed by atoms with Gasteiger partial charge in [-0.2, -0.15) is 0 Å². The fourth-order valence-electron chi connectivity index (χ4n) is 9.11. The smallest absolute Gasteiger partial charge is 0.143 e. The molecule has 10 rings (SSSR count). The highest BCUT2D eigenvalue weighted by Gasteiger charge is 2.24. The number of para-hydroxylation sites is 1. The highest BCUT2D eigenvalue weighted by Crippen LogP contribution is 2.48. The quantitative estimate of drug-likeness (QED) is 0.121. The van der Waals surface area contributed by atoms with Crippen LogP contribution in [0.25, 0.3) is 83.1 Å². The highest BCUT2D eigenvalue weighted by atomic mass is 16.3. The molecule has 10 aromatic rings. The minimum atomic E-state index is 0.106. The van der Waals surface area contributed by atoms with Crippen LogP contribution in [0.3, 0.4) is 0 Å². The van der Waals surface area contributed by atoms with Gasteiger partial charge in [0, 0.05) is 33.3 Å². The van der Waals surface area contributed by atoms with Crippen molar-refractivity contribution in [3.63, 3.8) is 0 Å². The van der Waals surface area contributed by atoms with Crippen molar-refractivity contribution < 1.29 is 4.42 Å². The molecule has 0 fully saturated rings. The Morgan fingerprint density at radius 2 is 0.955 bits per heavy atom. The molecule has 0 amide bonds. The Morgan fingerprint density at radius 3 is 1.56 bits per heavy atom. The van der Waals surface area contributed by atoms with E-state index in [2.05, 4.69) is 251 Å². The van der Waals surface area contributed by atoms with Crippen LogP contribution in [0.1, 0.15) is 31.9 Å². The predicted octanol–water partition coefficient (Wildman–Crippen LogP) is 18.4. The molecule has 0 radical (unpaired) electrons. The van der Waals surface area contributed by atoms with Gasteiger partial charge in [0.05, 0.1) is 5.69 Å². The van der Waals surface area contributed by atoms with Crippen LogP contribution in [0.2, 0.25) is 0 Å². The molecule has 1 heterocycles. The number of allylic oxidation sites excluding steroid dienone is 4. The van der Waals surface area contributed by atoms with E-state index in [1.54, 1.807) is 6.08 Å². The van der Waals surface area contributed by atoms with E-state index in [1.807, 2.05) is 12.2 Å². The van der Waals surface area contributed by atoms with Gasteiger partial charge in [0.25, 0.3) is 0 Å². The van der Waals surface area contributed by atoms with Crippen LogP contribution in [0.15, 0.2) is 248 Å². The molecule has 0 aliphatic carbocycles. The number of nitrogens with zero attached hydrogens (tertiary/aromatic N) is 1. The zero-order chi connectivity index (χ0) is 45.2. The lowest BCUT2D eigenvalue weighted by Gasteiger charge is -2.29. The predicted molar refractivity (Wildman–Crippen MR) is 283 cm³/mol. The van der Waals surface area contributed by atoms with Gasteiger partial charge in [-0.15, -0.1) is 0 Å². The third kappa shape index (κ3) is 8.10. The molecule has 2 nitrogen and oxygen atoms in total. The van der Waals surface area contributed by atoms with Crippen LogP contribution in [0, 0.1) is 0 Å². The first-order chi connectivity index (χ1) is 32.3. The van der Waals surface area contributed by atoms with Crippen molar-refractivity contribution in [2.45, 2.75) is 26.2 Å². The standard InChI is InChI=1S/C64H51NO/c1-6-16-44(7-2)47-29-36-54(37-30-47)65(55-38-31-50(32-39-55)45-17-10-8-11-18-45)60-43-52(46-19-12-9-13-20-46)33-40-57(60)58-42-41-56(62-59-21-14-15-22-61(59)66-63(58)62)51-25-23-48(24-26-51)49-27-34-53(35-28-49)64(3,4)5/h6-43H,1-2H2,3-5H3/b44-16+. The summed E-state index contributed by atoms with van der Waals surface area (Å²) in [5.41, 5.74) is 19.6. The van der Waals surface area contributed by atoms with Gasteiger partial charge >= 0.3 is 0 Å². The van der Waals surface area contributed by atoms with Crippen molar-refractivity contribution >= 4 is 44.6 Å². The third-order valence-corrected chi connectivity index (χ3v) is 12.7. The van der Waals surface area contributed by atoms with Gasteiger partial charge in [0.15, 0.2) is 0 Å². The summed E-state index contributed by atoms with van der Waals surface area (Å²) >= 11 is 0. The van der Waals surface area contributed by atoms with Crippen molar-refractivity contribution in [3.8, 4) is 55.6 Å². The molecule has 66 heavy (non-hydrogen) atoms. The maximum Gasteiger partial charge on any atom is 0.143 e. The Bertz CT molecular complexity index is 3370. The number of rotatable bonds is 11. The lowest BCUT2D eigenvalue weighted by atomic mass is 9.86. The fraction of sp³-hybridized carbons (Fsp3) is 0.0625. The first kappa shape index (κ1) is 41.8. The van der Waals surface area contributed by atoms with Crippen LogP contribution in [-0.2, 0) is 5.41 Å². The summed E-state index contributed by atoms with van der Waals surface area (Å²) in [4.78, 5) is 2.38. The Kier molecular flexibility index (Phi) is 11.2. The summed E-state index contributed by atoms with van der Waals surface area (Å²) < 4.78 is 6.99. The summed E-state index contributed by atoms with van der Waals surface area (Å²) in [5.74, 6) is 0. The average Bonchev–Trinajstić information content (AvgIpc) is 3.76. The Labute approximate surface area is 388 Å². The molecule has 0 bridgehead atoms. The Morgan fingerprint density at radius 1 is 0.470 bits per heavy atom. The van der Waals surface area contributed by atoms with E-state index in [-0.39, 0.29) is 5.41 Å². The first-order valence-electron chi connectivity index (χ1n) is 22.6. The largest absolute Gasteiger partial charge is 0.455 e. The number of anilines is 3. The Balaban J connectivity index is 1.17. The molecule has 0 N–H and O–H groups in total. The van der Waals surface area contributed by atoms with Crippen molar-refractivity contribution in [1.29, 1.82) is 0 Å². The summed E-state index contributed by atoms with van der Waals surface area (Å²) in [7, 11) is 0. The summed E-state index contributed by atoms with van der Waals surface area (Å²) in [6.07, 6.45) is 5.67. The highest BCUT2D eigenvalue weighted by molar-refractivity contribution is 6.17. The topological polar surface area (TPSA) is 16.4 Å². The molecule has 0 unspecified atom stereocenters. The van der Waals surface area contributed by atoms with Gasteiger partial charge in [0.1, 0.15) is 11.2 Å². The molecule has 318 valence electrons. The van der Waals surface area contributed by atoms with E-state index in [9.17, 15) is 0 Å². The van der Waals surface area contributed by atoms with E-state index in [1.165, 1.54) is 22.3 Å². The number of hydrogen-bond acceptors (Lipinski definition) is 2. The van der Waals surface area contributed by atoms with Crippen molar-refractivity contribution in [2.24, 2.45) is 0 Å². The zero-order valence-electron chi connectivity index (χ0n) is 37.7. The van der Waals surface area contributed by atoms with Crippen molar-refractivity contribution in [3.05, 3.63) is 255 Å². The number of hydrogen-bond donors (Lipinski definition) is 0. The molecule has 9 aromatic carbocycles. The molecule has 0 aliphatic heterocycles. The molecule has 0 atom stereocenters. The number of benzene rings is 9. The normalized spacial score (nSPS) is 11.8. The molecular weight excluding hydrogens is 799 g/mol. The first-order valence-corrected chi connectivity index (χ1v) is 22.6. The number of furan rings is 1. The maximum atomic E-state index is 6.99. The minimum absolute atomic E-state index is 0.106. The second-order valence-electron chi connectivity index (χ2n) is 17.8. The van der Waals surface area contributed by atoms with Crippen LogP contribution >= 0.6 is 0 Å². The lowest BCUT2D eigenvalue weighted by Crippen LogP contribution is -2.11. The summed E-state index contributed by atoms with van der Waals surface area (Å²) in [6, 6.07) is 76.5. The van der Waals surface area contributed by atoms with Crippen LogP contribution in [0.4, 0.5) is 17.1 Å². The SMILES string of the molecule is C=C/C=C(\C=C)c1ccc(N(c2ccc(-c3ccccc3)cc2)c2cc(-c3ccccc3)ccc2-c2ccc(-c3ccc(-c4ccc(C(C)(C)C)cc4)cc3)c3c2oc2ccccc23)cc1. The van der Waals surface area contributed by atoms with Gasteiger partial charge in [0.2, 0.25) is 0 Å². The van der Waals surface area contributed by atoms with Crippen molar-refractivity contribution in [2.75, 3.05) is 4.90 Å². The minimum Gasteiger partial charge on any atom is -0.455 e. The third-order valence-electron chi connectivity index (χ3n) is 12.7. The maximum absolute atomic E-state index is 6.99. The molecule has 0 spiro atoms. The molecule has 0 aliphatic rings. The molecule has 1 aromatic heterocycles. The van der Waals surface area contributed by atoms with E-state index in [0.29, 0.717) is 0 Å². The van der Waals surface area contributed by atoms with E-state index in [4.69, 9.17) is 4.42 Å². The van der Waals surface area contributed by atoms with Gasteiger partial charge in [-0.25, -0.2) is 0 Å². The van der Waals surface area contributed by atoms with Gasteiger partial charge < -0.3 is 9.32 Å². The van der Waals surface area contributed by atoms with Crippen LogP contribution in [0.5, 0.6) is 0 Å². The Hall–Kier alpha value is -8.20. The molecule has 0 saturated carbocycles. The molecule has 0 saturated heterocycles. The fourth-order valence-corrected chi connectivity index (χ4v) is 9.11. The van der Waals surface area contributed by atoms with Crippen LogP contribution < -0.4 is 4.90 Å². The van der Waals surface area contributed by atoms with Crippen LogP contribution in [-0.4, -0.2) is 0 Å². The molecule has 2 heteroatoms. The summed E-state index contributed by atoms with van der Waals surface area (Å²) in [5, 5.41) is 2.18. The molecular formula is C64H51NO. The van der Waals surface area contributed by atoms with Crippen molar-refractivity contribution in [1.82, 2.24) is 0 Å². The second kappa shape index (κ2) is 17.8. The van der Waals surface area contributed by atoms with E-state index < -0.39 is 0 Å². The average molecular weight is 850 g/mol. The van der Waals surface area contributed by atoms with Gasteiger partial charge in [-0.05, 0) is 109 Å². The second-order valence-corrected chi connectivity index (χ2v) is 17.8. The zero-order valence-corrected chi connectivity index (χ0v) is 37.7.